The fourth-order valence-corrected chi connectivity index (χ4v) is 2.52. The molecule has 0 radical (unpaired) electrons. The molecule has 0 aromatic rings. The second kappa shape index (κ2) is 5.14. The van der Waals surface area contributed by atoms with Crippen LogP contribution < -0.4 is 5.73 Å². The molecule has 5 heteroatoms. The molecular formula is C12H23F3N2. The van der Waals surface area contributed by atoms with Crippen LogP contribution in [0, 0.1) is 5.41 Å². The molecule has 0 aromatic heterocycles. The van der Waals surface area contributed by atoms with E-state index in [1.807, 2.05) is 0 Å². The van der Waals surface area contributed by atoms with E-state index in [2.05, 4.69) is 13.8 Å². The van der Waals surface area contributed by atoms with Crippen LogP contribution in [0.15, 0.2) is 0 Å². The number of nitrogens with two attached hydrogens (primary N) is 1. The Hall–Kier alpha value is -0.290. The maximum absolute atomic E-state index is 12.2. The molecule has 0 saturated heterocycles. The van der Waals surface area contributed by atoms with Crippen molar-refractivity contribution in [1.82, 2.24) is 4.90 Å². The van der Waals surface area contributed by atoms with Crippen molar-refractivity contribution >= 4 is 0 Å². The molecule has 1 aliphatic carbocycles. The summed E-state index contributed by atoms with van der Waals surface area (Å²) in [5.41, 5.74) is 6.20. The summed E-state index contributed by atoms with van der Waals surface area (Å²) in [6, 6.07) is 0.0716. The zero-order chi connectivity index (χ0) is 13.3. The lowest BCUT2D eigenvalue weighted by molar-refractivity contribution is -0.139. The molecular weight excluding hydrogens is 229 g/mol. The largest absolute Gasteiger partial charge is 0.390 e. The predicted octanol–water partition coefficient (Wildman–Crippen LogP) is 2.78. The van der Waals surface area contributed by atoms with Crippen molar-refractivity contribution in [3.63, 3.8) is 0 Å². The topological polar surface area (TPSA) is 29.3 Å². The summed E-state index contributed by atoms with van der Waals surface area (Å²) in [6.07, 6.45) is -2.01. The third-order valence-corrected chi connectivity index (χ3v) is 3.72. The molecule has 2 N–H and O–H groups in total. The Balaban J connectivity index is 2.52. The van der Waals surface area contributed by atoms with Gasteiger partial charge in [0.25, 0.3) is 0 Å². The normalized spacial score (nSPS) is 29.6. The molecule has 2 atom stereocenters. The average molecular weight is 252 g/mol. The minimum atomic E-state index is -4.08. The summed E-state index contributed by atoms with van der Waals surface area (Å²) >= 11 is 0. The maximum Gasteiger partial charge on any atom is 0.390 e. The molecule has 102 valence electrons. The Morgan fingerprint density at radius 3 is 2.47 bits per heavy atom. The quantitative estimate of drug-likeness (QED) is 0.837. The molecule has 0 heterocycles. The van der Waals surface area contributed by atoms with Crippen molar-refractivity contribution in [1.29, 1.82) is 0 Å². The van der Waals surface area contributed by atoms with E-state index >= 15 is 0 Å². The standard InChI is InChI=1S/C12H23F3N2/c1-11(2)5-4-9(16)10(8-11)17(3)7-6-12(13,14)15/h9-10H,4-8,16H2,1-3H3. The summed E-state index contributed by atoms with van der Waals surface area (Å²) in [4.78, 5) is 1.78. The van der Waals surface area contributed by atoms with Crippen LogP contribution in [-0.2, 0) is 0 Å². The van der Waals surface area contributed by atoms with Crippen LogP contribution in [0.2, 0.25) is 0 Å². The number of halogens is 3. The highest BCUT2D eigenvalue weighted by molar-refractivity contribution is 4.92. The van der Waals surface area contributed by atoms with Crippen LogP contribution in [0.3, 0.4) is 0 Å². The number of alkyl halides is 3. The van der Waals surface area contributed by atoms with Crippen LogP contribution in [0.4, 0.5) is 13.2 Å². The number of nitrogens with zero attached hydrogens (tertiary/aromatic N) is 1. The van der Waals surface area contributed by atoms with Crippen molar-refractivity contribution < 1.29 is 13.2 Å². The first-order valence-electron chi connectivity index (χ1n) is 6.13. The average Bonchev–Trinajstić information content (AvgIpc) is 2.17. The van der Waals surface area contributed by atoms with Gasteiger partial charge in [0, 0.05) is 18.6 Å². The molecule has 0 aliphatic heterocycles. The number of hydrogen-bond acceptors (Lipinski definition) is 2. The van der Waals surface area contributed by atoms with Crippen molar-refractivity contribution in [2.24, 2.45) is 11.1 Å². The van der Waals surface area contributed by atoms with Crippen molar-refractivity contribution in [2.45, 2.75) is 57.8 Å². The van der Waals surface area contributed by atoms with Gasteiger partial charge in [-0.2, -0.15) is 13.2 Å². The molecule has 2 nitrogen and oxygen atoms in total. The maximum atomic E-state index is 12.2. The summed E-state index contributed by atoms with van der Waals surface area (Å²) < 4.78 is 36.5. The van der Waals surface area contributed by atoms with Gasteiger partial charge in [-0.1, -0.05) is 13.8 Å². The van der Waals surface area contributed by atoms with Crippen molar-refractivity contribution in [3.8, 4) is 0 Å². The highest BCUT2D eigenvalue weighted by Crippen LogP contribution is 2.36. The molecule has 1 saturated carbocycles. The van der Waals surface area contributed by atoms with E-state index in [0.29, 0.717) is 0 Å². The molecule has 2 unspecified atom stereocenters. The van der Waals surface area contributed by atoms with Crippen LogP contribution in [0.5, 0.6) is 0 Å². The van der Waals surface area contributed by atoms with Gasteiger partial charge in [0.05, 0.1) is 6.42 Å². The van der Waals surface area contributed by atoms with E-state index in [1.165, 1.54) is 0 Å². The van der Waals surface area contributed by atoms with Gasteiger partial charge >= 0.3 is 6.18 Å². The van der Waals surface area contributed by atoms with Crippen LogP contribution in [0.1, 0.15) is 39.5 Å². The van der Waals surface area contributed by atoms with Gasteiger partial charge in [0.15, 0.2) is 0 Å². The second-order valence-corrected chi connectivity index (χ2v) is 5.98. The Kier molecular flexibility index (Phi) is 4.47. The van der Waals surface area contributed by atoms with E-state index < -0.39 is 12.6 Å². The zero-order valence-electron chi connectivity index (χ0n) is 10.8. The Morgan fingerprint density at radius 2 is 1.94 bits per heavy atom. The van der Waals surface area contributed by atoms with E-state index in [-0.39, 0.29) is 24.0 Å². The number of hydrogen-bond donors (Lipinski definition) is 1. The van der Waals surface area contributed by atoms with Gasteiger partial charge in [-0.05, 0) is 31.7 Å². The first-order chi connectivity index (χ1) is 7.61. The Labute approximate surface area is 101 Å². The van der Waals surface area contributed by atoms with E-state index in [1.54, 1.807) is 11.9 Å². The van der Waals surface area contributed by atoms with E-state index in [0.717, 1.165) is 19.3 Å². The van der Waals surface area contributed by atoms with Gasteiger partial charge in [-0.3, -0.25) is 0 Å². The molecule has 0 bridgehead atoms. The second-order valence-electron chi connectivity index (χ2n) is 5.98. The van der Waals surface area contributed by atoms with Crippen molar-refractivity contribution in [3.05, 3.63) is 0 Å². The molecule has 1 aliphatic rings. The molecule has 0 aromatic carbocycles. The Bertz CT molecular complexity index is 251. The fraction of sp³-hybridized carbons (Fsp3) is 1.00. The zero-order valence-corrected chi connectivity index (χ0v) is 10.8. The minimum Gasteiger partial charge on any atom is -0.326 e. The highest BCUT2D eigenvalue weighted by atomic mass is 19.4. The SMILES string of the molecule is CN(CCC(F)(F)F)C1CC(C)(C)CCC1N. The third kappa shape index (κ3) is 4.84. The number of likely N-dealkylation sites (N-methyl/N-ethyl adjacent to an activating group) is 1. The van der Waals surface area contributed by atoms with Crippen LogP contribution in [0.25, 0.3) is 0 Å². The molecule has 0 amide bonds. The lowest BCUT2D eigenvalue weighted by Gasteiger charge is -2.43. The third-order valence-electron chi connectivity index (χ3n) is 3.72. The fourth-order valence-electron chi connectivity index (χ4n) is 2.52. The molecule has 0 spiro atoms. The lowest BCUT2D eigenvalue weighted by Crippen LogP contribution is -2.52. The minimum absolute atomic E-state index is 0.00117. The smallest absolute Gasteiger partial charge is 0.326 e. The van der Waals surface area contributed by atoms with Crippen LogP contribution in [-0.4, -0.2) is 36.8 Å². The highest BCUT2D eigenvalue weighted by Gasteiger charge is 2.36. The van der Waals surface area contributed by atoms with Gasteiger partial charge in [-0.25, -0.2) is 0 Å². The first kappa shape index (κ1) is 14.8. The van der Waals surface area contributed by atoms with Gasteiger partial charge in [0.2, 0.25) is 0 Å². The Morgan fingerprint density at radius 1 is 1.35 bits per heavy atom. The number of rotatable bonds is 3. The van der Waals surface area contributed by atoms with Gasteiger partial charge in [0.1, 0.15) is 0 Å². The van der Waals surface area contributed by atoms with Crippen molar-refractivity contribution in [2.75, 3.05) is 13.6 Å². The lowest BCUT2D eigenvalue weighted by atomic mass is 9.73. The van der Waals surface area contributed by atoms with E-state index in [4.69, 9.17) is 5.73 Å². The predicted molar refractivity (Wildman–Crippen MR) is 62.7 cm³/mol. The van der Waals surface area contributed by atoms with Gasteiger partial charge < -0.3 is 10.6 Å². The van der Waals surface area contributed by atoms with Crippen LogP contribution >= 0.6 is 0 Å². The summed E-state index contributed by atoms with van der Waals surface area (Å²) in [7, 11) is 1.75. The summed E-state index contributed by atoms with van der Waals surface area (Å²) in [6.45, 7) is 4.35. The molecule has 17 heavy (non-hydrogen) atoms. The van der Waals surface area contributed by atoms with Gasteiger partial charge in [-0.15, -0.1) is 0 Å². The summed E-state index contributed by atoms with van der Waals surface area (Å²) in [5.74, 6) is 0. The molecule has 1 rings (SSSR count). The first-order valence-corrected chi connectivity index (χ1v) is 6.13. The molecule has 1 fully saturated rings. The monoisotopic (exact) mass is 252 g/mol. The summed E-state index contributed by atoms with van der Waals surface area (Å²) in [5, 5.41) is 0. The van der Waals surface area contributed by atoms with E-state index in [9.17, 15) is 13.2 Å².